The number of carbonyl (C=O) groups is 2. The molecule has 22 heavy (non-hydrogen) atoms. The van der Waals surface area contributed by atoms with E-state index in [1.165, 1.54) is 0 Å². The predicted molar refractivity (Wildman–Crippen MR) is 86.0 cm³/mol. The van der Waals surface area contributed by atoms with Gasteiger partial charge in [-0.1, -0.05) is 18.2 Å². The van der Waals surface area contributed by atoms with E-state index in [9.17, 15) is 9.59 Å². The van der Waals surface area contributed by atoms with Crippen LogP contribution in [0.3, 0.4) is 0 Å². The highest BCUT2D eigenvalue weighted by Gasteiger charge is 2.39. The third kappa shape index (κ3) is 4.54. The summed E-state index contributed by atoms with van der Waals surface area (Å²) >= 11 is 0. The molecule has 2 rings (SSSR count). The molecule has 1 aromatic carbocycles. The highest BCUT2D eigenvalue weighted by Crippen LogP contribution is 2.25. The second kappa shape index (κ2) is 6.06. The van der Waals surface area contributed by atoms with Gasteiger partial charge in [0.25, 0.3) is 0 Å². The second-order valence-corrected chi connectivity index (χ2v) is 6.83. The van der Waals surface area contributed by atoms with Crippen molar-refractivity contribution >= 4 is 17.5 Å². The largest absolute Gasteiger partial charge is 0.345 e. The Morgan fingerprint density at radius 3 is 2.36 bits per heavy atom. The lowest BCUT2D eigenvalue weighted by Crippen LogP contribution is -2.67. The average Bonchev–Trinajstić information content (AvgIpc) is 2.35. The lowest BCUT2D eigenvalue weighted by molar-refractivity contribution is -0.137. The van der Waals surface area contributed by atoms with Gasteiger partial charge in [-0.2, -0.15) is 0 Å². The quantitative estimate of drug-likeness (QED) is 0.612. The minimum Gasteiger partial charge on any atom is -0.345 e. The van der Waals surface area contributed by atoms with E-state index in [0.29, 0.717) is 18.5 Å². The number of hydrogen-bond donors (Lipinski definition) is 4. The fraction of sp³-hybridized carbons (Fsp3) is 0.500. The van der Waals surface area contributed by atoms with E-state index in [4.69, 9.17) is 5.73 Å². The van der Waals surface area contributed by atoms with E-state index in [1.807, 2.05) is 26.8 Å². The Balaban J connectivity index is 1.95. The zero-order valence-electron chi connectivity index (χ0n) is 13.3. The first kappa shape index (κ1) is 16.5. The Bertz CT molecular complexity index is 539. The number of anilines is 1. The fourth-order valence-electron chi connectivity index (χ4n) is 3.14. The van der Waals surface area contributed by atoms with Crippen molar-refractivity contribution in [3.8, 4) is 0 Å². The molecule has 6 heteroatoms. The molecule has 1 aliphatic rings. The molecular weight excluding hydrogens is 280 g/mol. The van der Waals surface area contributed by atoms with Crippen LogP contribution in [0.15, 0.2) is 30.3 Å². The maximum absolute atomic E-state index is 12.1. The Labute approximate surface area is 130 Å². The van der Waals surface area contributed by atoms with E-state index in [0.717, 1.165) is 0 Å². The van der Waals surface area contributed by atoms with Crippen molar-refractivity contribution in [3.05, 3.63) is 30.3 Å². The number of hydrogen-bond acceptors (Lipinski definition) is 4. The molecule has 2 amide bonds. The highest BCUT2D eigenvalue weighted by molar-refractivity contribution is 6.39. The standard InChI is InChI=1S/C16H24N4O2/c1-15(2)9-12(10-16(3,17)20-15)19-14(22)13(21)18-11-7-5-4-6-8-11/h4-8,12,20H,9-10,17H2,1-3H3,(H,18,21)(H,19,22). The molecule has 0 aliphatic carbocycles. The van der Waals surface area contributed by atoms with Crippen LogP contribution in [0.1, 0.15) is 33.6 Å². The van der Waals surface area contributed by atoms with Crippen molar-refractivity contribution in [2.45, 2.75) is 50.9 Å². The molecule has 5 N–H and O–H groups in total. The van der Waals surface area contributed by atoms with Gasteiger partial charge in [0.05, 0.1) is 5.66 Å². The van der Waals surface area contributed by atoms with Gasteiger partial charge in [-0.15, -0.1) is 0 Å². The average molecular weight is 304 g/mol. The smallest absolute Gasteiger partial charge is 0.313 e. The van der Waals surface area contributed by atoms with Crippen molar-refractivity contribution in [1.29, 1.82) is 0 Å². The highest BCUT2D eigenvalue weighted by atomic mass is 16.2. The summed E-state index contributed by atoms with van der Waals surface area (Å²) in [6, 6.07) is 8.76. The monoisotopic (exact) mass is 304 g/mol. The summed E-state index contributed by atoms with van der Waals surface area (Å²) in [7, 11) is 0. The van der Waals surface area contributed by atoms with Crippen LogP contribution in [0.25, 0.3) is 0 Å². The van der Waals surface area contributed by atoms with Gasteiger partial charge in [-0.25, -0.2) is 0 Å². The zero-order valence-corrected chi connectivity index (χ0v) is 13.3. The van der Waals surface area contributed by atoms with Crippen molar-refractivity contribution in [2.24, 2.45) is 5.73 Å². The van der Waals surface area contributed by atoms with E-state index in [-0.39, 0.29) is 11.6 Å². The third-order valence-corrected chi connectivity index (χ3v) is 3.62. The Kier molecular flexibility index (Phi) is 4.53. The number of carbonyl (C=O) groups excluding carboxylic acids is 2. The molecule has 0 saturated carbocycles. The van der Waals surface area contributed by atoms with Gasteiger partial charge in [-0.3, -0.25) is 14.9 Å². The maximum Gasteiger partial charge on any atom is 0.313 e. The molecule has 6 nitrogen and oxygen atoms in total. The number of nitrogens with one attached hydrogen (secondary N) is 3. The van der Waals surface area contributed by atoms with Gasteiger partial charge in [0.15, 0.2) is 0 Å². The van der Waals surface area contributed by atoms with Crippen molar-refractivity contribution in [1.82, 2.24) is 10.6 Å². The first-order chi connectivity index (χ1) is 10.2. The van der Waals surface area contributed by atoms with Crippen LogP contribution in [0.2, 0.25) is 0 Å². The summed E-state index contributed by atoms with van der Waals surface area (Å²) in [5.74, 6) is -1.30. The molecule has 2 unspecified atom stereocenters. The van der Waals surface area contributed by atoms with Gasteiger partial charge in [-0.05, 0) is 45.7 Å². The lowest BCUT2D eigenvalue weighted by Gasteiger charge is -2.46. The van der Waals surface area contributed by atoms with Crippen LogP contribution in [-0.4, -0.2) is 29.1 Å². The topological polar surface area (TPSA) is 96.2 Å². The maximum atomic E-state index is 12.1. The molecule has 0 aromatic heterocycles. The van der Waals surface area contributed by atoms with Crippen LogP contribution >= 0.6 is 0 Å². The minimum atomic E-state index is -0.665. The lowest BCUT2D eigenvalue weighted by atomic mass is 9.83. The first-order valence-electron chi connectivity index (χ1n) is 7.42. The SMILES string of the molecule is CC1(C)CC(NC(=O)C(=O)Nc2ccccc2)CC(C)(N)N1. The number of benzene rings is 1. The third-order valence-electron chi connectivity index (χ3n) is 3.62. The summed E-state index contributed by atoms with van der Waals surface area (Å²) in [6.07, 6.45) is 1.28. The van der Waals surface area contributed by atoms with Crippen molar-refractivity contribution in [2.75, 3.05) is 5.32 Å². The number of para-hydroxylation sites is 1. The van der Waals surface area contributed by atoms with Crippen LogP contribution in [0.4, 0.5) is 5.69 Å². The molecule has 1 heterocycles. The van der Waals surface area contributed by atoms with Gasteiger partial charge in [0.1, 0.15) is 0 Å². The van der Waals surface area contributed by atoms with Crippen LogP contribution in [0, 0.1) is 0 Å². The predicted octanol–water partition coefficient (Wildman–Crippen LogP) is 0.947. The summed E-state index contributed by atoms with van der Waals surface area (Å²) in [6.45, 7) is 5.94. The van der Waals surface area contributed by atoms with Crippen molar-refractivity contribution < 1.29 is 9.59 Å². The van der Waals surface area contributed by atoms with Crippen molar-refractivity contribution in [3.63, 3.8) is 0 Å². The number of piperidine rings is 1. The fourth-order valence-corrected chi connectivity index (χ4v) is 3.14. The molecule has 2 atom stereocenters. The minimum absolute atomic E-state index is 0.139. The molecule has 0 spiro atoms. The van der Waals surface area contributed by atoms with Gasteiger partial charge < -0.3 is 16.4 Å². The Hall–Kier alpha value is -1.92. The van der Waals surface area contributed by atoms with Gasteiger partial charge in [0, 0.05) is 17.3 Å². The summed E-state index contributed by atoms with van der Waals surface area (Å²) < 4.78 is 0. The van der Waals surface area contributed by atoms with Gasteiger partial charge in [0.2, 0.25) is 0 Å². The Morgan fingerprint density at radius 1 is 1.14 bits per heavy atom. The molecule has 1 fully saturated rings. The van der Waals surface area contributed by atoms with E-state index in [2.05, 4.69) is 16.0 Å². The molecule has 0 bridgehead atoms. The van der Waals surface area contributed by atoms with E-state index >= 15 is 0 Å². The molecule has 0 radical (unpaired) electrons. The molecule has 1 aliphatic heterocycles. The first-order valence-corrected chi connectivity index (χ1v) is 7.42. The van der Waals surface area contributed by atoms with Gasteiger partial charge >= 0.3 is 11.8 Å². The number of amides is 2. The number of rotatable bonds is 2. The van der Waals surface area contributed by atoms with Crippen LogP contribution in [-0.2, 0) is 9.59 Å². The van der Waals surface area contributed by atoms with E-state index in [1.54, 1.807) is 24.3 Å². The summed E-state index contributed by atoms with van der Waals surface area (Å²) in [4.78, 5) is 24.0. The summed E-state index contributed by atoms with van der Waals surface area (Å²) in [5, 5.41) is 8.68. The zero-order chi connectivity index (χ0) is 16.4. The Morgan fingerprint density at radius 2 is 1.77 bits per heavy atom. The second-order valence-electron chi connectivity index (χ2n) is 6.83. The normalized spacial score (nSPS) is 27.0. The van der Waals surface area contributed by atoms with Crippen LogP contribution < -0.4 is 21.7 Å². The van der Waals surface area contributed by atoms with Crippen LogP contribution in [0.5, 0.6) is 0 Å². The molecule has 120 valence electrons. The number of nitrogens with two attached hydrogens (primary N) is 1. The summed E-state index contributed by atoms with van der Waals surface area (Å²) in [5.41, 5.74) is 5.98. The molecule has 1 saturated heterocycles. The molecule has 1 aromatic rings. The molecular formula is C16H24N4O2. The van der Waals surface area contributed by atoms with E-state index < -0.39 is 17.5 Å².